The van der Waals surface area contributed by atoms with Crippen LogP contribution in [0.3, 0.4) is 0 Å². The van der Waals surface area contributed by atoms with E-state index in [2.05, 4.69) is 15.4 Å². The standard InChI is InChI=1S/C12H11FN4O3/c1-7(17-6-14-5-15-17)11(18)16-9-4-2-3-8(13)10(9)12(19)20/h2-7H,1H3,(H,16,18)(H,19,20). The summed E-state index contributed by atoms with van der Waals surface area (Å²) >= 11 is 0. The number of amides is 1. The summed E-state index contributed by atoms with van der Waals surface area (Å²) in [5.41, 5.74) is -0.680. The third-order valence-electron chi connectivity index (χ3n) is 2.70. The van der Waals surface area contributed by atoms with Gasteiger partial charge in [-0.1, -0.05) is 6.07 Å². The van der Waals surface area contributed by atoms with Crippen LogP contribution < -0.4 is 5.32 Å². The molecular formula is C12H11FN4O3. The van der Waals surface area contributed by atoms with Gasteiger partial charge in [0.15, 0.2) is 0 Å². The number of anilines is 1. The first kappa shape index (κ1) is 13.7. The molecule has 0 aliphatic carbocycles. The Bertz CT molecular complexity index is 642. The van der Waals surface area contributed by atoms with Crippen molar-refractivity contribution < 1.29 is 19.1 Å². The smallest absolute Gasteiger partial charge is 0.340 e. The van der Waals surface area contributed by atoms with E-state index in [1.54, 1.807) is 6.92 Å². The van der Waals surface area contributed by atoms with Crippen molar-refractivity contribution in [2.75, 3.05) is 5.32 Å². The van der Waals surface area contributed by atoms with E-state index in [1.807, 2.05) is 0 Å². The van der Waals surface area contributed by atoms with Crippen molar-refractivity contribution in [1.82, 2.24) is 14.8 Å². The monoisotopic (exact) mass is 278 g/mol. The lowest BCUT2D eigenvalue weighted by Gasteiger charge is -2.13. The van der Waals surface area contributed by atoms with Crippen LogP contribution in [0.15, 0.2) is 30.9 Å². The van der Waals surface area contributed by atoms with Crippen LogP contribution in [0.5, 0.6) is 0 Å². The molecule has 2 rings (SSSR count). The largest absolute Gasteiger partial charge is 0.478 e. The van der Waals surface area contributed by atoms with Gasteiger partial charge in [-0.05, 0) is 19.1 Å². The molecule has 2 N–H and O–H groups in total. The van der Waals surface area contributed by atoms with Crippen molar-refractivity contribution in [3.05, 3.63) is 42.2 Å². The predicted molar refractivity (Wildman–Crippen MR) is 66.7 cm³/mol. The maximum Gasteiger partial charge on any atom is 0.340 e. The molecule has 0 fully saturated rings. The summed E-state index contributed by atoms with van der Waals surface area (Å²) in [4.78, 5) is 26.7. The highest BCUT2D eigenvalue weighted by Crippen LogP contribution is 2.20. The number of benzene rings is 1. The van der Waals surface area contributed by atoms with E-state index in [0.29, 0.717) is 0 Å². The molecule has 1 atom stereocenters. The fourth-order valence-electron chi connectivity index (χ4n) is 1.62. The fourth-order valence-corrected chi connectivity index (χ4v) is 1.62. The Morgan fingerprint density at radius 3 is 2.80 bits per heavy atom. The maximum absolute atomic E-state index is 13.5. The first-order valence-electron chi connectivity index (χ1n) is 5.67. The third-order valence-corrected chi connectivity index (χ3v) is 2.70. The third kappa shape index (κ3) is 2.63. The highest BCUT2D eigenvalue weighted by Gasteiger charge is 2.21. The second-order valence-electron chi connectivity index (χ2n) is 4.01. The van der Waals surface area contributed by atoms with Crippen molar-refractivity contribution in [2.45, 2.75) is 13.0 Å². The van der Waals surface area contributed by atoms with Gasteiger partial charge in [-0.2, -0.15) is 5.10 Å². The Morgan fingerprint density at radius 1 is 1.45 bits per heavy atom. The maximum atomic E-state index is 13.5. The number of aromatic nitrogens is 3. The fraction of sp³-hybridized carbons (Fsp3) is 0.167. The predicted octanol–water partition coefficient (Wildman–Crippen LogP) is 1.32. The average Bonchev–Trinajstić information content (AvgIpc) is 2.91. The molecule has 0 aliphatic heterocycles. The highest BCUT2D eigenvalue weighted by atomic mass is 19.1. The summed E-state index contributed by atoms with van der Waals surface area (Å²) in [6, 6.07) is 2.94. The van der Waals surface area contributed by atoms with Gasteiger partial charge in [0, 0.05) is 0 Å². The molecule has 8 heteroatoms. The molecule has 0 saturated heterocycles. The molecule has 1 aromatic carbocycles. The Labute approximate surface area is 113 Å². The molecule has 0 spiro atoms. The normalized spacial score (nSPS) is 11.9. The van der Waals surface area contributed by atoms with Crippen LogP contribution in [-0.4, -0.2) is 31.7 Å². The van der Waals surface area contributed by atoms with E-state index in [4.69, 9.17) is 5.11 Å². The minimum absolute atomic E-state index is 0.102. The minimum Gasteiger partial charge on any atom is -0.478 e. The van der Waals surface area contributed by atoms with Crippen LogP contribution in [0.1, 0.15) is 23.3 Å². The first-order valence-corrected chi connectivity index (χ1v) is 5.67. The number of nitrogens with one attached hydrogen (secondary N) is 1. The Morgan fingerprint density at radius 2 is 2.20 bits per heavy atom. The number of aromatic carboxylic acids is 1. The van der Waals surface area contributed by atoms with E-state index in [9.17, 15) is 14.0 Å². The van der Waals surface area contributed by atoms with Gasteiger partial charge < -0.3 is 10.4 Å². The molecule has 1 unspecified atom stereocenters. The minimum atomic E-state index is -1.45. The number of halogens is 1. The molecule has 2 aromatic rings. The molecular weight excluding hydrogens is 267 g/mol. The van der Waals surface area contributed by atoms with Crippen molar-refractivity contribution in [3.63, 3.8) is 0 Å². The SMILES string of the molecule is CC(C(=O)Nc1cccc(F)c1C(=O)O)n1cncn1. The number of carboxylic acid groups (broad SMARTS) is 1. The number of carbonyl (C=O) groups is 2. The molecule has 7 nitrogen and oxygen atoms in total. The molecule has 20 heavy (non-hydrogen) atoms. The number of nitrogens with zero attached hydrogens (tertiary/aromatic N) is 3. The van der Waals surface area contributed by atoms with Gasteiger partial charge in [0.05, 0.1) is 5.69 Å². The molecule has 1 amide bonds. The van der Waals surface area contributed by atoms with E-state index in [1.165, 1.54) is 29.5 Å². The molecule has 1 heterocycles. The van der Waals surface area contributed by atoms with Crippen molar-refractivity contribution in [3.8, 4) is 0 Å². The Hall–Kier alpha value is -2.77. The molecule has 0 radical (unpaired) electrons. The Balaban J connectivity index is 2.24. The van der Waals surface area contributed by atoms with Gasteiger partial charge in [-0.3, -0.25) is 4.79 Å². The zero-order valence-electron chi connectivity index (χ0n) is 10.4. The van der Waals surface area contributed by atoms with E-state index in [0.717, 1.165) is 6.07 Å². The van der Waals surface area contributed by atoms with Crippen LogP contribution in [0.2, 0.25) is 0 Å². The van der Waals surface area contributed by atoms with Crippen molar-refractivity contribution >= 4 is 17.6 Å². The summed E-state index contributed by atoms with van der Waals surface area (Å²) in [6.07, 6.45) is 2.63. The van der Waals surface area contributed by atoms with Gasteiger partial charge in [-0.25, -0.2) is 18.9 Å². The number of rotatable bonds is 4. The average molecular weight is 278 g/mol. The highest BCUT2D eigenvalue weighted by molar-refractivity contribution is 6.01. The molecule has 0 aliphatic rings. The molecule has 0 bridgehead atoms. The first-order chi connectivity index (χ1) is 9.50. The molecule has 0 saturated carbocycles. The second-order valence-corrected chi connectivity index (χ2v) is 4.01. The van der Waals surface area contributed by atoms with Crippen LogP contribution in [-0.2, 0) is 4.79 Å². The van der Waals surface area contributed by atoms with E-state index in [-0.39, 0.29) is 5.69 Å². The van der Waals surface area contributed by atoms with E-state index >= 15 is 0 Å². The summed E-state index contributed by atoms with van der Waals surface area (Å²) in [5.74, 6) is -2.89. The van der Waals surface area contributed by atoms with Crippen LogP contribution in [0.4, 0.5) is 10.1 Å². The summed E-state index contributed by atoms with van der Waals surface area (Å²) in [5, 5.41) is 15.1. The van der Waals surface area contributed by atoms with Gasteiger partial charge in [0.2, 0.25) is 5.91 Å². The summed E-state index contributed by atoms with van der Waals surface area (Å²) in [7, 11) is 0. The summed E-state index contributed by atoms with van der Waals surface area (Å²) in [6.45, 7) is 1.56. The van der Waals surface area contributed by atoms with Crippen LogP contribution in [0.25, 0.3) is 0 Å². The van der Waals surface area contributed by atoms with E-state index < -0.39 is 29.3 Å². The summed E-state index contributed by atoms with van der Waals surface area (Å²) < 4.78 is 14.8. The molecule has 104 valence electrons. The van der Waals surface area contributed by atoms with Gasteiger partial charge in [0.1, 0.15) is 30.1 Å². The van der Waals surface area contributed by atoms with Gasteiger partial charge in [-0.15, -0.1) is 0 Å². The quantitative estimate of drug-likeness (QED) is 0.879. The zero-order valence-corrected chi connectivity index (χ0v) is 10.4. The number of hydrogen-bond acceptors (Lipinski definition) is 4. The zero-order chi connectivity index (χ0) is 14.7. The van der Waals surface area contributed by atoms with Gasteiger partial charge in [0.25, 0.3) is 0 Å². The van der Waals surface area contributed by atoms with Crippen LogP contribution >= 0.6 is 0 Å². The number of hydrogen-bond donors (Lipinski definition) is 2. The van der Waals surface area contributed by atoms with Crippen molar-refractivity contribution in [1.29, 1.82) is 0 Å². The lowest BCUT2D eigenvalue weighted by Crippen LogP contribution is -2.25. The number of carboxylic acids is 1. The second kappa shape index (κ2) is 5.47. The van der Waals surface area contributed by atoms with Gasteiger partial charge >= 0.3 is 5.97 Å². The lowest BCUT2D eigenvalue weighted by atomic mass is 10.1. The number of carbonyl (C=O) groups excluding carboxylic acids is 1. The Kier molecular flexibility index (Phi) is 3.74. The van der Waals surface area contributed by atoms with Crippen LogP contribution in [0, 0.1) is 5.82 Å². The molecule has 1 aromatic heterocycles. The lowest BCUT2D eigenvalue weighted by molar-refractivity contribution is -0.119. The van der Waals surface area contributed by atoms with Crippen molar-refractivity contribution in [2.24, 2.45) is 0 Å². The topological polar surface area (TPSA) is 97.1 Å².